The molecule has 0 aliphatic carbocycles. The molecule has 2 N–H and O–H groups in total. The van der Waals surface area contributed by atoms with E-state index in [1.54, 1.807) is 18.3 Å². The van der Waals surface area contributed by atoms with Gasteiger partial charge in [0.05, 0.1) is 6.42 Å². The molecule has 0 saturated carbocycles. The number of hydrogen-bond donors (Lipinski definition) is 2. The lowest BCUT2D eigenvalue weighted by atomic mass is 9.91. The number of nitrogens with one attached hydrogen (secondary N) is 1. The van der Waals surface area contributed by atoms with E-state index in [4.69, 9.17) is 5.11 Å². The zero-order chi connectivity index (χ0) is 13.8. The minimum Gasteiger partial charge on any atom is -0.481 e. The van der Waals surface area contributed by atoms with Crippen LogP contribution in [0.1, 0.15) is 39.3 Å². The lowest BCUT2D eigenvalue weighted by molar-refractivity contribution is -0.138. The molecule has 5 nitrogen and oxygen atoms in total. The molecule has 0 spiro atoms. The zero-order valence-electron chi connectivity index (χ0n) is 10.9. The van der Waals surface area contributed by atoms with Crippen LogP contribution in [0.4, 0.5) is 5.69 Å². The molecule has 0 bridgehead atoms. The van der Waals surface area contributed by atoms with Gasteiger partial charge in [-0.1, -0.05) is 20.8 Å². The van der Waals surface area contributed by atoms with Crippen molar-refractivity contribution < 1.29 is 14.7 Å². The SMILES string of the molecule is CC(C)(C)c1cc(NC(=O)CCC(=O)O)ccn1. The summed E-state index contributed by atoms with van der Waals surface area (Å²) in [6, 6.07) is 3.49. The first-order chi connectivity index (χ1) is 8.29. The molecule has 0 saturated heterocycles. The summed E-state index contributed by atoms with van der Waals surface area (Å²) in [5.74, 6) is -1.28. The quantitative estimate of drug-likeness (QED) is 0.858. The molecule has 5 heteroatoms. The van der Waals surface area contributed by atoms with E-state index < -0.39 is 5.97 Å². The second kappa shape index (κ2) is 5.62. The molecule has 0 fully saturated rings. The fourth-order valence-corrected chi connectivity index (χ4v) is 1.36. The summed E-state index contributed by atoms with van der Waals surface area (Å²) in [7, 11) is 0. The molecule has 18 heavy (non-hydrogen) atoms. The Hall–Kier alpha value is -1.91. The average molecular weight is 250 g/mol. The maximum Gasteiger partial charge on any atom is 0.303 e. The summed E-state index contributed by atoms with van der Waals surface area (Å²) >= 11 is 0. The van der Waals surface area contributed by atoms with Crippen molar-refractivity contribution in [1.29, 1.82) is 0 Å². The number of carboxylic acids is 1. The van der Waals surface area contributed by atoms with E-state index in [0.717, 1.165) is 5.69 Å². The second-order valence-electron chi connectivity index (χ2n) is 5.12. The molecule has 1 aromatic heterocycles. The van der Waals surface area contributed by atoms with E-state index in [1.807, 2.05) is 20.8 Å². The largest absolute Gasteiger partial charge is 0.481 e. The zero-order valence-corrected chi connectivity index (χ0v) is 10.9. The Balaban J connectivity index is 2.68. The number of aromatic nitrogens is 1. The van der Waals surface area contributed by atoms with Crippen LogP contribution in [0.3, 0.4) is 0 Å². The van der Waals surface area contributed by atoms with E-state index in [0.29, 0.717) is 5.69 Å². The van der Waals surface area contributed by atoms with Gasteiger partial charge in [0.1, 0.15) is 0 Å². The number of amides is 1. The summed E-state index contributed by atoms with van der Waals surface area (Å²) in [5.41, 5.74) is 1.42. The standard InChI is InChI=1S/C13H18N2O3/c1-13(2,3)10-8-9(6-7-14-10)15-11(16)4-5-12(17)18/h6-8H,4-5H2,1-3H3,(H,17,18)(H,14,15,16). The van der Waals surface area contributed by atoms with Crippen molar-refractivity contribution in [1.82, 2.24) is 4.98 Å². The van der Waals surface area contributed by atoms with E-state index in [9.17, 15) is 9.59 Å². The number of pyridine rings is 1. The molecule has 0 radical (unpaired) electrons. The Bertz CT molecular complexity index is 450. The fraction of sp³-hybridized carbons (Fsp3) is 0.462. The first kappa shape index (κ1) is 14.2. The minimum absolute atomic E-state index is 0.0253. The molecule has 1 aromatic rings. The number of carboxylic acid groups (broad SMARTS) is 1. The number of nitrogens with zero attached hydrogens (tertiary/aromatic N) is 1. The third-order valence-corrected chi connectivity index (χ3v) is 2.38. The van der Waals surface area contributed by atoms with Gasteiger partial charge < -0.3 is 10.4 Å². The van der Waals surface area contributed by atoms with Crippen LogP contribution in [-0.4, -0.2) is 22.0 Å². The molecule has 0 unspecified atom stereocenters. The van der Waals surface area contributed by atoms with Gasteiger partial charge in [-0.25, -0.2) is 0 Å². The van der Waals surface area contributed by atoms with Crippen molar-refractivity contribution in [3.8, 4) is 0 Å². The van der Waals surface area contributed by atoms with E-state index in [2.05, 4.69) is 10.3 Å². The highest BCUT2D eigenvalue weighted by Gasteiger charge is 2.16. The van der Waals surface area contributed by atoms with Crippen molar-refractivity contribution in [2.45, 2.75) is 39.0 Å². The van der Waals surface area contributed by atoms with Crippen molar-refractivity contribution in [2.24, 2.45) is 0 Å². The van der Waals surface area contributed by atoms with Gasteiger partial charge >= 0.3 is 5.97 Å². The Labute approximate surface area is 106 Å². The Kier molecular flexibility index (Phi) is 4.42. The van der Waals surface area contributed by atoms with Gasteiger partial charge in [-0.3, -0.25) is 14.6 Å². The second-order valence-corrected chi connectivity index (χ2v) is 5.12. The normalized spacial score (nSPS) is 11.1. The highest BCUT2D eigenvalue weighted by Crippen LogP contribution is 2.22. The van der Waals surface area contributed by atoms with Gasteiger partial charge in [0.25, 0.3) is 0 Å². The Morgan fingerprint density at radius 3 is 2.56 bits per heavy atom. The van der Waals surface area contributed by atoms with Gasteiger partial charge in [0.15, 0.2) is 0 Å². The fourth-order valence-electron chi connectivity index (χ4n) is 1.36. The summed E-state index contributed by atoms with van der Waals surface area (Å²) in [6.45, 7) is 6.10. The predicted octanol–water partition coefficient (Wildman–Crippen LogP) is 2.18. The van der Waals surface area contributed by atoms with Crippen molar-refractivity contribution >= 4 is 17.6 Å². The summed E-state index contributed by atoms with van der Waals surface area (Å²) in [4.78, 5) is 26.1. The Morgan fingerprint density at radius 1 is 1.33 bits per heavy atom. The number of carbonyl (C=O) groups is 2. The van der Waals surface area contributed by atoms with Crippen LogP contribution in [0.5, 0.6) is 0 Å². The topological polar surface area (TPSA) is 79.3 Å². The molecule has 1 heterocycles. The van der Waals surface area contributed by atoms with Crippen LogP contribution in [0.15, 0.2) is 18.3 Å². The van der Waals surface area contributed by atoms with Gasteiger partial charge in [0, 0.05) is 29.4 Å². The predicted molar refractivity (Wildman–Crippen MR) is 68.4 cm³/mol. The molecule has 0 aliphatic rings. The van der Waals surface area contributed by atoms with Crippen LogP contribution in [0, 0.1) is 0 Å². The number of hydrogen-bond acceptors (Lipinski definition) is 3. The maximum absolute atomic E-state index is 11.5. The summed E-state index contributed by atoms with van der Waals surface area (Å²) in [6.07, 6.45) is 1.44. The lowest BCUT2D eigenvalue weighted by Crippen LogP contribution is -2.16. The number of carbonyl (C=O) groups excluding carboxylic acids is 1. The van der Waals surface area contributed by atoms with Gasteiger partial charge in [-0.05, 0) is 12.1 Å². The molecular formula is C13H18N2O3. The third kappa shape index (κ3) is 4.53. The van der Waals surface area contributed by atoms with Gasteiger partial charge in [-0.15, -0.1) is 0 Å². The van der Waals surface area contributed by atoms with E-state index in [1.165, 1.54) is 0 Å². The van der Waals surface area contributed by atoms with Crippen LogP contribution < -0.4 is 5.32 Å². The summed E-state index contributed by atoms with van der Waals surface area (Å²) < 4.78 is 0. The lowest BCUT2D eigenvalue weighted by Gasteiger charge is -2.18. The molecule has 1 rings (SSSR count). The highest BCUT2D eigenvalue weighted by molar-refractivity contribution is 5.92. The van der Waals surface area contributed by atoms with Crippen LogP contribution in [-0.2, 0) is 15.0 Å². The molecule has 0 aromatic carbocycles. The van der Waals surface area contributed by atoms with Crippen molar-refractivity contribution in [2.75, 3.05) is 5.32 Å². The first-order valence-corrected chi connectivity index (χ1v) is 5.77. The molecular weight excluding hydrogens is 232 g/mol. The van der Waals surface area contributed by atoms with Gasteiger partial charge in [-0.2, -0.15) is 0 Å². The molecule has 0 atom stereocenters. The first-order valence-electron chi connectivity index (χ1n) is 5.77. The molecule has 0 aliphatic heterocycles. The average Bonchev–Trinajstić information content (AvgIpc) is 2.25. The van der Waals surface area contributed by atoms with Crippen LogP contribution >= 0.6 is 0 Å². The van der Waals surface area contributed by atoms with E-state index in [-0.39, 0.29) is 24.2 Å². The maximum atomic E-state index is 11.5. The van der Waals surface area contributed by atoms with Crippen molar-refractivity contribution in [3.63, 3.8) is 0 Å². The van der Waals surface area contributed by atoms with Crippen molar-refractivity contribution in [3.05, 3.63) is 24.0 Å². The minimum atomic E-state index is -0.977. The van der Waals surface area contributed by atoms with Gasteiger partial charge in [0.2, 0.25) is 5.91 Å². The van der Waals surface area contributed by atoms with Crippen LogP contribution in [0.25, 0.3) is 0 Å². The molecule has 98 valence electrons. The number of anilines is 1. The number of rotatable bonds is 4. The molecule has 1 amide bonds. The highest BCUT2D eigenvalue weighted by atomic mass is 16.4. The summed E-state index contributed by atoms with van der Waals surface area (Å²) in [5, 5.41) is 11.2. The third-order valence-electron chi connectivity index (χ3n) is 2.38. The monoisotopic (exact) mass is 250 g/mol. The smallest absolute Gasteiger partial charge is 0.303 e. The Morgan fingerprint density at radius 2 is 2.00 bits per heavy atom. The van der Waals surface area contributed by atoms with Crippen LogP contribution in [0.2, 0.25) is 0 Å². The number of aliphatic carboxylic acids is 1. The van der Waals surface area contributed by atoms with E-state index >= 15 is 0 Å².